The quantitative estimate of drug-likeness (QED) is 0.732. The molecule has 0 bridgehead atoms. The number of ether oxygens (including phenoxy) is 1. The van der Waals surface area contributed by atoms with Gasteiger partial charge in [0.2, 0.25) is 0 Å². The average molecular weight is 272 g/mol. The van der Waals surface area contributed by atoms with Gasteiger partial charge in [-0.25, -0.2) is 0 Å². The SMILES string of the molecule is N#CCCCCNCc1ccccc1OC1CCCC1. The molecule has 1 saturated carbocycles. The molecule has 0 aromatic heterocycles. The number of benzene rings is 1. The smallest absolute Gasteiger partial charge is 0.124 e. The van der Waals surface area contributed by atoms with Crippen LogP contribution in [0.25, 0.3) is 0 Å². The molecule has 0 aliphatic heterocycles. The number of para-hydroxylation sites is 1. The van der Waals surface area contributed by atoms with Crippen LogP contribution in [0.1, 0.15) is 50.5 Å². The van der Waals surface area contributed by atoms with Crippen molar-refractivity contribution < 1.29 is 4.74 Å². The average Bonchev–Trinajstić information content (AvgIpc) is 2.97. The maximum absolute atomic E-state index is 8.49. The Hall–Kier alpha value is -1.53. The first-order valence-corrected chi connectivity index (χ1v) is 7.72. The second-order valence-corrected chi connectivity index (χ2v) is 5.42. The predicted molar refractivity (Wildman–Crippen MR) is 80.5 cm³/mol. The van der Waals surface area contributed by atoms with Crippen LogP contribution in [0.3, 0.4) is 0 Å². The minimum absolute atomic E-state index is 0.409. The molecule has 20 heavy (non-hydrogen) atoms. The van der Waals surface area contributed by atoms with E-state index in [0.29, 0.717) is 12.5 Å². The molecule has 0 radical (unpaired) electrons. The van der Waals surface area contributed by atoms with Crippen LogP contribution in [0.5, 0.6) is 5.75 Å². The fourth-order valence-electron chi connectivity index (χ4n) is 2.63. The van der Waals surface area contributed by atoms with Crippen molar-refractivity contribution in [1.29, 1.82) is 5.26 Å². The van der Waals surface area contributed by atoms with Crippen molar-refractivity contribution in [2.24, 2.45) is 0 Å². The van der Waals surface area contributed by atoms with E-state index in [1.165, 1.54) is 31.2 Å². The molecule has 0 atom stereocenters. The number of nitrogens with one attached hydrogen (secondary N) is 1. The molecule has 1 aliphatic carbocycles. The van der Waals surface area contributed by atoms with E-state index in [1.54, 1.807) is 0 Å². The number of rotatable bonds is 8. The van der Waals surface area contributed by atoms with E-state index in [9.17, 15) is 0 Å². The maximum Gasteiger partial charge on any atom is 0.124 e. The summed E-state index contributed by atoms with van der Waals surface area (Å²) >= 11 is 0. The van der Waals surface area contributed by atoms with E-state index in [2.05, 4.69) is 29.6 Å². The van der Waals surface area contributed by atoms with Gasteiger partial charge in [-0.3, -0.25) is 0 Å². The molecule has 2 rings (SSSR count). The Kier molecular flexibility index (Phi) is 6.40. The van der Waals surface area contributed by atoms with Crippen molar-refractivity contribution >= 4 is 0 Å². The molecule has 1 aromatic rings. The third kappa shape index (κ3) is 4.86. The monoisotopic (exact) mass is 272 g/mol. The molecule has 0 spiro atoms. The zero-order valence-electron chi connectivity index (χ0n) is 12.1. The van der Waals surface area contributed by atoms with Crippen LogP contribution in [0, 0.1) is 11.3 Å². The zero-order chi connectivity index (χ0) is 14.0. The summed E-state index contributed by atoms with van der Waals surface area (Å²) in [5, 5.41) is 11.9. The number of nitrogens with zero attached hydrogens (tertiary/aromatic N) is 1. The molecule has 1 fully saturated rings. The van der Waals surface area contributed by atoms with Gasteiger partial charge in [-0.05, 0) is 51.1 Å². The minimum Gasteiger partial charge on any atom is -0.490 e. The van der Waals surface area contributed by atoms with Gasteiger partial charge in [-0.2, -0.15) is 5.26 Å². The van der Waals surface area contributed by atoms with Crippen LogP contribution in [-0.4, -0.2) is 12.6 Å². The van der Waals surface area contributed by atoms with Crippen LogP contribution in [0.2, 0.25) is 0 Å². The molecule has 3 heteroatoms. The molecular weight excluding hydrogens is 248 g/mol. The Bertz CT molecular complexity index is 433. The van der Waals surface area contributed by atoms with Gasteiger partial charge in [0.15, 0.2) is 0 Å². The predicted octanol–water partition coefficient (Wildman–Crippen LogP) is 3.79. The molecule has 0 heterocycles. The fraction of sp³-hybridized carbons (Fsp3) is 0.588. The molecule has 1 N–H and O–H groups in total. The largest absolute Gasteiger partial charge is 0.490 e. The molecule has 1 aliphatic rings. The van der Waals surface area contributed by atoms with E-state index in [0.717, 1.165) is 31.7 Å². The molecule has 108 valence electrons. The third-order valence-electron chi connectivity index (χ3n) is 3.78. The lowest BCUT2D eigenvalue weighted by molar-refractivity contribution is 0.207. The van der Waals surface area contributed by atoms with Crippen molar-refractivity contribution in [1.82, 2.24) is 5.32 Å². The van der Waals surface area contributed by atoms with Crippen LogP contribution < -0.4 is 10.1 Å². The second kappa shape index (κ2) is 8.60. The van der Waals surface area contributed by atoms with Crippen molar-refractivity contribution in [2.75, 3.05) is 6.54 Å². The Balaban J connectivity index is 1.77. The standard InChI is InChI=1S/C17H24N2O/c18-12-6-1-7-13-19-14-15-8-2-5-11-17(15)20-16-9-3-4-10-16/h2,5,8,11,16,19H,1,3-4,6-7,9-10,13-14H2. The molecular formula is C17H24N2O. The summed E-state index contributed by atoms with van der Waals surface area (Å²) in [6, 6.07) is 10.5. The Morgan fingerprint density at radius 2 is 2.00 bits per heavy atom. The molecule has 0 saturated heterocycles. The minimum atomic E-state index is 0.409. The van der Waals surface area contributed by atoms with E-state index < -0.39 is 0 Å². The first kappa shape index (κ1) is 14.9. The molecule has 0 unspecified atom stereocenters. The van der Waals surface area contributed by atoms with Crippen LogP contribution in [0.4, 0.5) is 0 Å². The Morgan fingerprint density at radius 1 is 1.20 bits per heavy atom. The summed E-state index contributed by atoms with van der Waals surface area (Å²) in [5.41, 5.74) is 1.24. The van der Waals surface area contributed by atoms with E-state index in [1.807, 2.05) is 6.07 Å². The topological polar surface area (TPSA) is 45.0 Å². The van der Waals surface area contributed by atoms with Crippen molar-refractivity contribution in [3.05, 3.63) is 29.8 Å². The van der Waals surface area contributed by atoms with Crippen LogP contribution in [0.15, 0.2) is 24.3 Å². The number of hydrogen-bond acceptors (Lipinski definition) is 3. The first-order valence-electron chi connectivity index (χ1n) is 7.72. The highest BCUT2D eigenvalue weighted by atomic mass is 16.5. The third-order valence-corrected chi connectivity index (χ3v) is 3.78. The van der Waals surface area contributed by atoms with Crippen molar-refractivity contribution in [2.45, 2.75) is 57.6 Å². The summed E-state index contributed by atoms with van der Waals surface area (Å²) < 4.78 is 6.12. The lowest BCUT2D eigenvalue weighted by Crippen LogP contribution is -2.17. The van der Waals surface area contributed by atoms with Gasteiger partial charge in [-0.1, -0.05) is 18.2 Å². The number of unbranched alkanes of at least 4 members (excludes halogenated alkanes) is 2. The highest BCUT2D eigenvalue weighted by Gasteiger charge is 2.17. The highest BCUT2D eigenvalue weighted by Crippen LogP contribution is 2.26. The van der Waals surface area contributed by atoms with E-state index >= 15 is 0 Å². The second-order valence-electron chi connectivity index (χ2n) is 5.42. The van der Waals surface area contributed by atoms with Gasteiger partial charge in [-0.15, -0.1) is 0 Å². The van der Waals surface area contributed by atoms with Gasteiger partial charge in [0.25, 0.3) is 0 Å². The lowest BCUT2D eigenvalue weighted by atomic mass is 10.2. The van der Waals surface area contributed by atoms with Gasteiger partial charge in [0, 0.05) is 18.5 Å². The highest BCUT2D eigenvalue weighted by molar-refractivity contribution is 5.33. The van der Waals surface area contributed by atoms with Gasteiger partial charge >= 0.3 is 0 Å². The van der Waals surface area contributed by atoms with Crippen LogP contribution in [-0.2, 0) is 6.54 Å². The summed E-state index contributed by atoms with van der Waals surface area (Å²) in [6.07, 6.45) is 8.07. The fourth-order valence-corrected chi connectivity index (χ4v) is 2.63. The normalized spacial score (nSPS) is 15.2. The number of hydrogen-bond donors (Lipinski definition) is 1. The Morgan fingerprint density at radius 3 is 2.80 bits per heavy atom. The summed E-state index contributed by atoms with van der Waals surface area (Å²) in [6.45, 7) is 1.80. The van der Waals surface area contributed by atoms with E-state index in [-0.39, 0.29) is 0 Å². The zero-order valence-corrected chi connectivity index (χ0v) is 12.1. The van der Waals surface area contributed by atoms with Gasteiger partial charge < -0.3 is 10.1 Å². The molecule has 1 aromatic carbocycles. The molecule has 3 nitrogen and oxygen atoms in total. The first-order chi connectivity index (χ1) is 9.90. The summed E-state index contributed by atoms with van der Waals surface area (Å²) in [7, 11) is 0. The van der Waals surface area contributed by atoms with Gasteiger partial charge in [0.05, 0.1) is 12.2 Å². The Labute approximate surface area is 121 Å². The lowest BCUT2D eigenvalue weighted by Gasteiger charge is -2.16. The summed E-state index contributed by atoms with van der Waals surface area (Å²) in [4.78, 5) is 0. The van der Waals surface area contributed by atoms with E-state index in [4.69, 9.17) is 10.00 Å². The number of nitriles is 1. The maximum atomic E-state index is 8.49. The van der Waals surface area contributed by atoms with Crippen LogP contribution >= 0.6 is 0 Å². The van der Waals surface area contributed by atoms with Gasteiger partial charge in [0.1, 0.15) is 5.75 Å². The van der Waals surface area contributed by atoms with Crippen molar-refractivity contribution in [3.63, 3.8) is 0 Å². The van der Waals surface area contributed by atoms with Crippen molar-refractivity contribution in [3.8, 4) is 11.8 Å². The summed E-state index contributed by atoms with van der Waals surface area (Å²) in [5.74, 6) is 1.03. The molecule has 0 amide bonds.